The van der Waals surface area contributed by atoms with E-state index in [0.717, 1.165) is 37.7 Å². The van der Waals surface area contributed by atoms with E-state index in [1.54, 1.807) is 6.92 Å². The van der Waals surface area contributed by atoms with E-state index in [2.05, 4.69) is 17.4 Å². The zero-order valence-electron chi connectivity index (χ0n) is 15.9. The molecule has 0 bridgehead atoms. The second-order valence-electron chi connectivity index (χ2n) is 7.32. The Labute approximate surface area is 161 Å². The normalized spacial score (nSPS) is 19.3. The summed E-state index contributed by atoms with van der Waals surface area (Å²) in [6.45, 7) is 2.25. The predicted octanol–water partition coefficient (Wildman–Crippen LogP) is 3.82. The van der Waals surface area contributed by atoms with Crippen LogP contribution in [0.2, 0.25) is 0 Å². The molecule has 2 aromatic carbocycles. The van der Waals surface area contributed by atoms with Crippen LogP contribution in [0, 0.1) is 0 Å². The van der Waals surface area contributed by atoms with Crippen molar-refractivity contribution >= 4 is 11.8 Å². The molecule has 1 aliphatic rings. The molecule has 2 atom stereocenters. The number of nitrogens with zero attached hydrogens (tertiary/aromatic N) is 1. The largest absolute Gasteiger partial charge is 0.354 e. The van der Waals surface area contributed by atoms with Gasteiger partial charge in [-0.25, -0.2) is 0 Å². The van der Waals surface area contributed by atoms with E-state index in [1.807, 2.05) is 53.4 Å². The van der Waals surface area contributed by atoms with Crippen molar-refractivity contribution in [2.45, 2.75) is 51.1 Å². The maximum Gasteiger partial charge on any atom is 0.254 e. The van der Waals surface area contributed by atoms with Crippen LogP contribution in [0.15, 0.2) is 60.7 Å². The average Bonchev–Trinajstić information content (AvgIpc) is 2.69. The highest BCUT2D eigenvalue weighted by atomic mass is 16.2. The summed E-state index contributed by atoms with van der Waals surface area (Å²) in [5, 5.41) is 3.04. The van der Waals surface area contributed by atoms with Crippen molar-refractivity contribution in [3.63, 3.8) is 0 Å². The summed E-state index contributed by atoms with van der Waals surface area (Å²) in [5.74, 6) is 0.0888. The van der Waals surface area contributed by atoms with Crippen molar-refractivity contribution in [3.8, 4) is 0 Å². The van der Waals surface area contributed by atoms with E-state index in [1.165, 1.54) is 5.56 Å². The number of hydrogen-bond acceptors (Lipinski definition) is 2. The molecule has 1 aliphatic carbocycles. The fourth-order valence-electron chi connectivity index (χ4n) is 3.96. The second kappa shape index (κ2) is 9.36. The van der Waals surface area contributed by atoms with E-state index in [4.69, 9.17) is 0 Å². The van der Waals surface area contributed by atoms with Gasteiger partial charge in [-0.3, -0.25) is 9.59 Å². The molecule has 0 heterocycles. The first-order valence-electron chi connectivity index (χ1n) is 9.80. The topological polar surface area (TPSA) is 49.4 Å². The summed E-state index contributed by atoms with van der Waals surface area (Å²) < 4.78 is 0. The standard InChI is InChI=1S/C23H28N2O2/c1-18(26)24-21-13-8-14-22(17-21)25(16-15-19-9-4-2-5-10-19)23(27)20-11-6-3-7-12-20/h2-7,9-12,21-22H,8,13-17H2,1H3,(H,24,26)/t21-,22-/m1/s1. The molecule has 4 nitrogen and oxygen atoms in total. The Bertz CT molecular complexity index is 745. The average molecular weight is 364 g/mol. The maximum atomic E-state index is 13.2. The van der Waals surface area contributed by atoms with Crippen molar-refractivity contribution in [3.05, 3.63) is 71.8 Å². The molecular formula is C23H28N2O2. The number of nitrogens with one attached hydrogen (secondary N) is 1. The molecule has 0 radical (unpaired) electrons. The van der Waals surface area contributed by atoms with Gasteiger partial charge in [0, 0.05) is 31.1 Å². The third-order valence-electron chi connectivity index (χ3n) is 5.26. The second-order valence-corrected chi connectivity index (χ2v) is 7.32. The van der Waals surface area contributed by atoms with Gasteiger partial charge in [-0.15, -0.1) is 0 Å². The van der Waals surface area contributed by atoms with Gasteiger partial charge in [0.2, 0.25) is 5.91 Å². The van der Waals surface area contributed by atoms with Crippen LogP contribution in [0.4, 0.5) is 0 Å². The third-order valence-corrected chi connectivity index (χ3v) is 5.26. The molecule has 1 fully saturated rings. The van der Waals surface area contributed by atoms with Crippen LogP contribution in [0.25, 0.3) is 0 Å². The SMILES string of the molecule is CC(=O)N[C@@H]1CCC[C@@H](N(CCc2ccccc2)C(=O)c2ccccc2)C1. The van der Waals surface area contributed by atoms with Crippen molar-refractivity contribution < 1.29 is 9.59 Å². The minimum atomic E-state index is 0.00544. The number of benzene rings is 2. The smallest absolute Gasteiger partial charge is 0.254 e. The van der Waals surface area contributed by atoms with Crippen LogP contribution in [-0.4, -0.2) is 35.3 Å². The molecule has 4 heteroatoms. The van der Waals surface area contributed by atoms with E-state index in [0.29, 0.717) is 6.54 Å². The van der Waals surface area contributed by atoms with E-state index >= 15 is 0 Å². The Morgan fingerprint density at radius 1 is 1.00 bits per heavy atom. The molecule has 2 aromatic rings. The van der Waals surface area contributed by atoms with E-state index in [9.17, 15) is 9.59 Å². The number of rotatable bonds is 6. The van der Waals surface area contributed by atoms with Gasteiger partial charge in [0.1, 0.15) is 0 Å². The minimum Gasteiger partial charge on any atom is -0.354 e. The first-order chi connectivity index (χ1) is 13.1. The van der Waals surface area contributed by atoms with Crippen LogP contribution >= 0.6 is 0 Å². The fraction of sp³-hybridized carbons (Fsp3) is 0.391. The molecule has 0 saturated heterocycles. The zero-order valence-corrected chi connectivity index (χ0v) is 15.9. The zero-order chi connectivity index (χ0) is 19.1. The molecule has 2 amide bonds. The quantitative estimate of drug-likeness (QED) is 0.847. The highest BCUT2D eigenvalue weighted by Gasteiger charge is 2.30. The first-order valence-corrected chi connectivity index (χ1v) is 9.80. The predicted molar refractivity (Wildman–Crippen MR) is 107 cm³/mol. The van der Waals surface area contributed by atoms with E-state index < -0.39 is 0 Å². The van der Waals surface area contributed by atoms with Crippen LogP contribution in [0.1, 0.15) is 48.5 Å². The van der Waals surface area contributed by atoms with Crippen LogP contribution in [-0.2, 0) is 11.2 Å². The van der Waals surface area contributed by atoms with E-state index in [-0.39, 0.29) is 23.9 Å². The Hall–Kier alpha value is -2.62. The van der Waals surface area contributed by atoms with Crippen molar-refractivity contribution in [2.24, 2.45) is 0 Å². The molecule has 0 aliphatic heterocycles. The number of carbonyl (C=O) groups excluding carboxylic acids is 2. The van der Waals surface area contributed by atoms with Crippen molar-refractivity contribution in [1.82, 2.24) is 10.2 Å². The summed E-state index contributed by atoms with van der Waals surface area (Å²) in [5.41, 5.74) is 1.96. The van der Waals surface area contributed by atoms with Gasteiger partial charge in [-0.05, 0) is 49.8 Å². The summed E-state index contributed by atoms with van der Waals surface area (Å²) in [7, 11) is 0. The molecule has 0 spiro atoms. The molecule has 27 heavy (non-hydrogen) atoms. The number of amides is 2. The third kappa shape index (κ3) is 5.43. The van der Waals surface area contributed by atoms with Crippen LogP contribution in [0.5, 0.6) is 0 Å². The summed E-state index contributed by atoms with van der Waals surface area (Å²) >= 11 is 0. The maximum absolute atomic E-state index is 13.2. The summed E-state index contributed by atoms with van der Waals surface area (Å²) in [4.78, 5) is 26.7. The minimum absolute atomic E-state index is 0.00544. The molecule has 0 unspecified atom stereocenters. The molecule has 142 valence electrons. The monoisotopic (exact) mass is 364 g/mol. The summed E-state index contributed by atoms with van der Waals surface area (Å²) in [6.07, 6.45) is 4.67. The molecular weight excluding hydrogens is 336 g/mol. The lowest BCUT2D eigenvalue weighted by molar-refractivity contribution is -0.119. The Morgan fingerprint density at radius 2 is 1.67 bits per heavy atom. The Balaban J connectivity index is 1.76. The molecule has 3 rings (SSSR count). The van der Waals surface area contributed by atoms with Gasteiger partial charge >= 0.3 is 0 Å². The van der Waals surface area contributed by atoms with Gasteiger partial charge in [0.25, 0.3) is 5.91 Å². The van der Waals surface area contributed by atoms with Gasteiger partial charge in [-0.1, -0.05) is 48.5 Å². The van der Waals surface area contributed by atoms with Gasteiger partial charge in [0.15, 0.2) is 0 Å². The Kier molecular flexibility index (Phi) is 6.64. The molecule has 1 saturated carbocycles. The first kappa shape index (κ1) is 19.2. The van der Waals surface area contributed by atoms with Crippen LogP contribution in [0.3, 0.4) is 0 Å². The van der Waals surface area contributed by atoms with Gasteiger partial charge in [0.05, 0.1) is 0 Å². The molecule has 0 aromatic heterocycles. The fourth-order valence-corrected chi connectivity index (χ4v) is 3.96. The highest BCUT2D eigenvalue weighted by Crippen LogP contribution is 2.25. The van der Waals surface area contributed by atoms with Crippen LogP contribution < -0.4 is 5.32 Å². The lowest BCUT2D eigenvalue weighted by Gasteiger charge is -2.38. The van der Waals surface area contributed by atoms with Crippen molar-refractivity contribution in [1.29, 1.82) is 0 Å². The molecule has 1 N–H and O–H groups in total. The lowest BCUT2D eigenvalue weighted by Crippen LogP contribution is -2.48. The Morgan fingerprint density at radius 3 is 2.33 bits per heavy atom. The van der Waals surface area contributed by atoms with Gasteiger partial charge in [-0.2, -0.15) is 0 Å². The summed E-state index contributed by atoms with van der Waals surface area (Å²) in [6, 6.07) is 20.1. The van der Waals surface area contributed by atoms with Gasteiger partial charge < -0.3 is 10.2 Å². The lowest BCUT2D eigenvalue weighted by atomic mass is 9.89. The number of hydrogen-bond donors (Lipinski definition) is 1. The highest BCUT2D eigenvalue weighted by molar-refractivity contribution is 5.94. The number of carbonyl (C=O) groups is 2. The van der Waals surface area contributed by atoms with Crippen molar-refractivity contribution in [2.75, 3.05) is 6.54 Å².